The molecule has 0 bridgehead atoms. The first-order valence-corrected chi connectivity index (χ1v) is 12.5. The summed E-state index contributed by atoms with van der Waals surface area (Å²) in [5.41, 5.74) is 19.0. The van der Waals surface area contributed by atoms with Crippen molar-refractivity contribution < 1.29 is 43.4 Å². The minimum absolute atomic E-state index is 0. The molecule has 0 unspecified atom stereocenters. The van der Waals surface area contributed by atoms with E-state index in [0.29, 0.717) is 0 Å². The van der Waals surface area contributed by atoms with Gasteiger partial charge in [-0.1, -0.05) is 107 Å². The Bertz CT molecular complexity index is 1100. The number of fused-ring (bicyclic) bond motifs is 2. The maximum absolute atomic E-state index is 6.94. The van der Waals surface area contributed by atoms with E-state index in [-0.39, 0.29) is 106 Å². The Morgan fingerprint density at radius 1 is 0.545 bits per heavy atom. The molecule has 0 atom stereocenters. The molecule has 44 heavy (non-hydrogen) atoms. The third kappa shape index (κ3) is 30.9. The van der Waals surface area contributed by atoms with Crippen LogP contribution in [0, 0.1) is 57.4 Å². The molecule has 0 aromatic heterocycles. The van der Waals surface area contributed by atoms with E-state index in [1.165, 1.54) is 43.8 Å². The molecule has 4 aromatic rings. The molecule has 0 aliphatic rings. The van der Waals surface area contributed by atoms with Crippen molar-refractivity contribution >= 4 is 43.5 Å². The maximum Gasteiger partial charge on any atom is 4.00 e. The van der Waals surface area contributed by atoms with Crippen molar-refractivity contribution in [3.63, 3.8) is 0 Å². The Hall–Kier alpha value is -1.08. The number of allylic oxidation sites excluding steroid dienone is 2. The Kier molecular flexibility index (Phi) is 47.5. The molecular formula is C38H60N2Si2Ti2. The third-order valence-electron chi connectivity index (χ3n) is 4.82. The molecule has 0 aliphatic carbocycles. The number of aryl methyl sites for hydroxylation is 4. The van der Waals surface area contributed by atoms with Gasteiger partial charge in [-0.05, 0) is 0 Å². The molecule has 0 spiro atoms. The molecule has 4 aromatic carbocycles. The summed E-state index contributed by atoms with van der Waals surface area (Å²) in [6, 6.07) is 21.5. The van der Waals surface area contributed by atoms with Gasteiger partial charge in [0.2, 0.25) is 0 Å². The van der Waals surface area contributed by atoms with E-state index in [0.717, 1.165) is 0 Å². The van der Waals surface area contributed by atoms with Gasteiger partial charge in [0.05, 0.1) is 0 Å². The fourth-order valence-electron chi connectivity index (χ4n) is 3.04. The topological polar surface area (TPSA) is 47.6 Å². The second kappa shape index (κ2) is 31.9. The van der Waals surface area contributed by atoms with Gasteiger partial charge in [-0.2, -0.15) is 11.1 Å². The van der Waals surface area contributed by atoms with Gasteiger partial charge < -0.3 is 41.2 Å². The largest absolute Gasteiger partial charge is 4.00 e. The molecule has 0 saturated carbocycles. The quantitative estimate of drug-likeness (QED) is 0.108. The van der Waals surface area contributed by atoms with Gasteiger partial charge >= 0.3 is 43.4 Å². The van der Waals surface area contributed by atoms with E-state index in [1.807, 2.05) is 41.5 Å². The van der Waals surface area contributed by atoms with Crippen molar-refractivity contribution in [1.82, 2.24) is 0 Å². The SMILES string of the molecule is C=CC=C.CC(C)(C)[NH-].CC(C)(C)[NH-].Cc1[cH-]c2ccccc2c1C.Cc1[cH-]c2ccccc2c1C.[CH3-].[CH3-].[CH3-].[CH3-].[Si].[Si].[Ti+4].[Ti+4]. The maximum atomic E-state index is 6.94. The minimum atomic E-state index is -0.250. The second-order valence-corrected chi connectivity index (χ2v) is 11.1. The number of hydrogen-bond acceptors (Lipinski definition) is 0. The van der Waals surface area contributed by atoms with E-state index in [9.17, 15) is 0 Å². The van der Waals surface area contributed by atoms with Crippen LogP contribution in [0.15, 0.2) is 86.0 Å². The average molecular weight is 697 g/mol. The fraction of sp³-hybridized carbons (Fsp3) is 0.316. The van der Waals surface area contributed by atoms with Gasteiger partial charge in [0.1, 0.15) is 0 Å². The molecule has 2 N–H and O–H groups in total. The summed E-state index contributed by atoms with van der Waals surface area (Å²) in [4.78, 5) is 0. The summed E-state index contributed by atoms with van der Waals surface area (Å²) >= 11 is 0. The van der Waals surface area contributed by atoms with Crippen molar-refractivity contribution in [2.75, 3.05) is 0 Å². The second-order valence-electron chi connectivity index (χ2n) is 11.1. The van der Waals surface area contributed by atoms with E-state index < -0.39 is 0 Å². The van der Waals surface area contributed by atoms with Crippen LogP contribution in [0.5, 0.6) is 0 Å². The predicted octanol–water partition coefficient (Wildman–Crippen LogP) is 12.4. The molecule has 0 saturated heterocycles. The molecule has 0 fully saturated rings. The van der Waals surface area contributed by atoms with E-state index in [4.69, 9.17) is 11.5 Å². The van der Waals surface area contributed by atoms with Crippen LogP contribution in [0.3, 0.4) is 0 Å². The Morgan fingerprint density at radius 3 is 0.932 bits per heavy atom. The summed E-state index contributed by atoms with van der Waals surface area (Å²) in [5.74, 6) is 0. The van der Waals surface area contributed by atoms with Crippen molar-refractivity contribution in [2.24, 2.45) is 0 Å². The van der Waals surface area contributed by atoms with Crippen LogP contribution in [-0.4, -0.2) is 33.0 Å². The predicted molar refractivity (Wildman–Crippen MR) is 204 cm³/mol. The van der Waals surface area contributed by atoms with Gasteiger partial charge in [-0.25, -0.2) is 0 Å². The van der Waals surface area contributed by atoms with Crippen LogP contribution in [0.25, 0.3) is 33.0 Å². The third-order valence-corrected chi connectivity index (χ3v) is 4.82. The smallest absolute Gasteiger partial charge is 0.673 e. The van der Waals surface area contributed by atoms with Crippen LogP contribution in [0.2, 0.25) is 0 Å². The number of benzene rings is 2. The first-order chi connectivity index (χ1) is 16.5. The number of nitrogens with one attached hydrogen (secondary N) is 2. The Balaban J connectivity index is -0.0000000504. The number of rotatable bonds is 1. The molecular weight excluding hydrogens is 636 g/mol. The van der Waals surface area contributed by atoms with E-state index in [1.54, 1.807) is 12.2 Å². The average Bonchev–Trinajstić information content (AvgIpc) is 3.22. The zero-order chi connectivity index (χ0) is 28.1. The van der Waals surface area contributed by atoms with Gasteiger partial charge in [-0.3, -0.25) is 0 Å². The normalized spacial score (nSPS) is 8.55. The fourth-order valence-corrected chi connectivity index (χ4v) is 3.04. The molecule has 0 amide bonds. The van der Waals surface area contributed by atoms with Crippen LogP contribution in [0.1, 0.15) is 63.8 Å². The van der Waals surface area contributed by atoms with Gasteiger partial charge in [0.15, 0.2) is 0 Å². The van der Waals surface area contributed by atoms with E-state index >= 15 is 0 Å². The van der Waals surface area contributed by atoms with Gasteiger partial charge in [-0.15, -0.1) is 92.3 Å². The van der Waals surface area contributed by atoms with Crippen LogP contribution in [0.4, 0.5) is 0 Å². The Morgan fingerprint density at radius 2 is 0.750 bits per heavy atom. The standard InChI is InChI=1S/2C11H11.2C4H10N.C4H6.4CH3.2Si.2Ti/c2*1-8-7-10-5-3-4-6-11(10)9(8)2;2*1-4(2,3)5;1-3-4-2;;;;;;;;/h2*3-7H,1-2H3;2*5H,1-3H3;3-4H,1-2H2;4*1H3;;;;/q4*-1;;4*-1;;;2*+4. The van der Waals surface area contributed by atoms with Crippen LogP contribution >= 0.6 is 0 Å². The first-order valence-electron chi connectivity index (χ1n) is 12.5. The Labute approximate surface area is 314 Å². The van der Waals surface area contributed by atoms with Crippen molar-refractivity contribution in [3.8, 4) is 0 Å². The van der Waals surface area contributed by atoms with Gasteiger partial charge in [0.25, 0.3) is 0 Å². The molecule has 0 heterocycles. The monoisotopic (exact) mass is 696 g/mol. The zero-order valence-corrected chi connectivity index (χ0v) is 35.5. The van der Waals surface area contributed by atoms with Crippen molar-refractivity contribution in [3.05, 3.63) is 149 Å². The minimum Gasteiger partial charge on any atom is -0.673 e. The first kappa shape index (κ1) is 65.6. The molecule has 238 valence electrons. The van der Waals surface area contributed by atoms with Crippen molar-refractivity contribution in [2.45, 2.75) is 80.3 Å². The summed E-state index contributed by atoms with van der Waals surface area (Å²) in [6.07, 6.45) is 3.28. The molecule has 2 nitrogen and oxygen atoms in total. The zero-order valence-electron chi connectivity index (χ0n) is 30.3. The van der Waals surface area contributed by atoms with Crippen LogP contribution < -0.4 is 0 Å². The van der Waals surface area contributed by atoms with E-state index in [2.05, 4.69) is 102 Å². The molecule has 8 radical (unpaired) electrons. The summed E-state index contributed by atoms with van der Waals surface area (Å²) in [6.45, 7) is 26.5. The molecule has 0 aliphatic heterocycles. The van der Waals surface area contributed by atoms with Crippen LogP contribution in [-0.2, 0) is 43.4 Å². The molecule has 6 heteroatoms. The summed E-state index contributed by atoms with van der Waals surface area (Å²) in [7, 11) is 0. The summed E-state index contributed by atoms with van der Waals surface area (Å²) in [5, 5.41) is 5.51. The molecule has 4 rings (SSSR count). The number of hydrogen-bond donors (Lipinski definition) is 0. The van der Waals surface area contributed by atoms with Gasteiger partial charge in [0, 0.05) is 21.9 Å². The van der Waals surface area contributed by atoms with Crippen molar-refractivity contribution in [1.29, 1.82) is 0 Å². The summed E-state index contributed by atoms with van der Waals surface area (Å²) < 4.78 is 0.